The highest BCUT2D eigenvalue weighted by Crippen LogP contribution is 2.47. The monoisotopic (exact) mass is 646 g/mol. The maximum Gasteiger partial charge on any atom is 0.136 e. The summed E-state index contributed by atoms with van der Waals surface area (Å²) in [6, 6.07) is 66.6. The van der Waals surface area contributed by atoms with Gasteiger partial charge in [0.2, 0.25) is 0 Å². The summed E-state index contributed by atoms with van der Waals surface area (Å²) in [4.78, 5) is 0. The highest BCUT2D eigenvalue weighted by Gasteiger charge is 2.20. The molecule has 11 rings (SSSR count). The van der Waals surface area contributed by atoms with E-state index >= 15 is 0 Å². The van der Waals surface area contributed by atoms with Crippen LogP contribution in [0.1, 0.15) is 0 Å². The first-order valence-corrected chi connectivity index (χ1v) is 17.6. The molecule has 0 bridgehead atoms. The van der Waals surface area contributed by atoms with Crippen LogP contribution in [0.2, 0.25) is 0 Å². The van der Waals surface area contributed by atoms with Gasteiger partial charge < -0.3 is 4.42 Å². The molecule has 1 heteroatoms. The summed E-state index contributed by atoms with van der Waals surface area (Å²) >= 11 is 0. The molecule has 0 aliphatic heterocycles. The van der Waals surface area contributed by atoms with Gasteiger partial charge in [0.05, 0.1) is 0 Å². The molecule has 1 heterocycles. The van der Waals surface area contributed by atoms with Gasteiger partial charge in [-0.05, 0) is 124 Å². The molecule has 1 aromatic heterocycles. The van der Waals surface area contributed by atoms with Crippen LogP contribution in [-0.4, -0.2) is 0 Å². The van der Waals surface area contributed by atoms with E-state index < -0.39 is 0 Å². The van der Waals surface area contributed by atoms with Crippen molar-refractivity contribution in [3.05, 3.63) is 182 Å². The summed E-state index contributed by atoms with van der Waals surface area (Å²) in [6.45, 7) is 0. The van der Waals surface area contributed by atoms with Gasteiger partial charge in [-0.3, -0.25) is 0 Å². The summed E-state index contributed by atoms with van der Waals surface area (Å²) in [5.74, 6) is 0. The maximum atomic E-state index is 6.44. The molecule has 0 amide bonds. The van der Waals surface area contributed by atoms with Crippen LogP contribution >= 0.6 is 0 Å². The topological polar surface area (TPSA) is 13.1 Å². The van der Waals surface area contributed by atoms with Crippen molar-refractivity contribution in [2.45, 2.75) is 0 Å². The van der Waals surface area contributed by atoms with E-state index in [4.69, 9.17) is 4.42 Å². The predicted molar refractivity (Wildman–Crippen MR) is 218 cm³/mol. The van der Waals surface area contributed by atoms with Gasteiger partial charge in [0.15, 0.2) is 0 Å². The zero-order valence-electron chi connectivity index (χ0n) is 27.7. The zero-order chi connectivity index (χ0) is 33.5. The fourth-order valence-corrected chi connectivity index (χ4v) is 8.39. The molecule has 0 radical (unpaired) electrons. The molecule has 0 N–H and O–H groups in total. The van der Waals surface area contributed by atoms with E-state index in [1.807, 2.05) is 0 Å². The van der Waals surface area contributed by atoms with Crippen LogP contribution in [-0.2, 0) is 0 Å². The normalized spacial score (nSPS) is 11.9. The van der Waals surface area contributed by atoms with Gasteiger partial charge in [-0.25, -0.2) is 0 Å². The fourth-order valence-electron chi connectivity index (χ4n) is 8.39. The second-order valence-electron chi connectivity index (χ2n) is 13.7. The third-order valence-electron chi connectivity index (χ3n) is 10.8. The van der Waals surface area contributed by atoms with Crippen molar-refractivity contribution in [2.75, 3.05) is 0 Å². The van der Waals surface area contributed by atoms with E-state index in [1.54, 1.807) is 0 Å². The second-order valence-corrected chi connectivity index (χ2v) is 13.7. The van der Waals surface area contributed by atoms with Crippen molar-refractivity contribution in [3.63, 3.8) is 0 Å². The number of hydrogen-bond acceptors (Lipinski definition) is 1. The summed E-state index contributed by atoms with van der Waals surface area (Å²) in [7, 11) is 0. The number of fused-ring (bicyclic) bond motifs is 8. The van der Waals surface area contributed by atoms with Gasteiger partial charge in [-0.2, -0.15) is 0 Å². The SMILES string of the molecule is c1ccc2cc(-c3ccc4c(-c5ccc6oc7cc8ccccc8cc7c6c5)c5ccccc5c(-c5cccc6ccccc56)c4c3)ccc2c1. The number of furan rings is 1. The molecule has 0 aliphatic rings. The molecule has 0 aliphatic carbocycles. The van der Waals surface area contributed by atoms with E-state index in [0.717, 1.165) is 21.9 Å². The first-order valence-electron chi connectivity index (χ1n) is 17.6. The summed E-state index contributed by atoms with van der Waals surface area (Å²) in [6.07, 6.45) is 0. The highest BCUT2D eigenvalue weighted by atomic mass is 16.3. The molecule has 236 valence electrons. The Morgan fingerprint density at radius 1 is 0.255 bits per heavy atom. The van der Waals surface area contributed by atoms with E-state index in [2.05, 4.69) is 182 Å². The molecule has 0 spiro atoms. The van der Waals surface area contributed by atoms with E-state index in [1.165, 1.54) is 87.2 Å². The molecular formula is C50H30O. The summed E-state index contributed by atoms with van der Waals surface area (Å²) in [5, 5.41) is 14.6. The molecule has 11 aromatic rings. The number of benzene rings is 10. The smallest absolute Gasteiger partial charge is 0.136 e. The molecule has 0 atom stereocenters. The van der Waals surface area contributed by atoms with Gasteiger partial charge in [0.25, 0.3) is 0 Å². The molecule has 0 unspecified atom stereocenters. The van der Waals surface area contributed by atoms with Crippen LogP contribution in [0.15, 0.2) is 186 Å². The van der Waals surface area contributed by atoms with E-state index in [-0.39, 0.29) is 0 Å². The third kappa shape index (κ3) is 4.35. The average molecular weight is 647 g/mol. The minimum Gasteiger partial charge on any atom is -0.456 e. The molecule has 51 heavy (non-hydrogen) atoms. The van der Waals surface area contributed by atoms with Crippen molar-refractivity contribution in [3.8, 4) is 33.4 Å². The average Bonchev–Trinajstić information content (AvgIpc) is 3.55. The maximum absolute atomic E-state index is 6.44. The Bertz CT molecular complexity index is 3190. The Morgan fingerprint density at radius 2 is 0.804 bits per heavy atom. The van der Waals surface area contributed by atoms with Crippen LogP contribution in [0, 0.1) is 0 Å². The molecule has 0 saturated carbocycles. The Morgan fingerprint density at radius 3 is 1.63 bits per heavy atom. The van der Waals surface area contributed by atoms with Crippen LogP contribution < -0.4 is 0 Å². The van der Waals surface area contributed by atoms with Gasteiger partial charge in [0, 0.05) is 10.8 Å². The fraction of sp³-hybridized carbons (Fsp3) is 0. The molecule has 0 saturated heterocycles. The quantitative estimate of drug-likeness (QED) is 0.174. The second kappa shape index (κ2) is 10.9. The number of rotatable bonds is 3. The van der Waals surface area contributed by atoms with E-state index in [0.29, 0.717) is 0 Å². The lowest BCUT2D eigenvalue weighted by atomic mass is 9.83. The van der Waals surface area contributed by atoms with E-state index in [9.17, 15) is 0 Å². The summed E-state index contributed by atoms with van der Waals surface area (Å²) < 4.78 is 6.44. The van der Waals surface area contributed by atoms with Crippen LogP contribution in [0.4, 0.5) is 0 Å². The van der Waals surface area contributed by atoms with Gasteiger partial charge in [-0.1, -0.05) is 146 Å². The molecule has 10 aromatic carbocycles. The van der Waals surface area contributed by atoms with Crippen molar-refractivity contribution in [2.24, 2.45) is 0 Å². The molecular weight excluding hydrogens is 617 g/mol. The van der Waals surface area contributed by atoms with Crippen LogP contribution in [0.3, 0.4) is 0 Å². The molecule has 0 fully saturated rings. The lowest BCUT2D eigenvalue weighted by Gasteiger charge is -2.20. The van der Waals surface area contributed by atoms with Crippen molar-refractivity contribution in [1.29, 1.82) is 0 Å². The minimum atomic E-state index is 0.906. The summed E-state index contributed by atoms with van der Waals surface area (Å²) in [5.41, 5.74) is 9.19. The standard InChI is InChI=1S/C50H30O/c1-2-12-33-26-36(21-20-31(33)10-1)37-22-24-43-46(28-37)50(40-19-9-15-32-11-5-6-16-39(32)40)42-18-8-7-17-41(42)49(43)38-23-25-47-44(29-38)45-27-34-13-3-4-14-35(34)30-48(45)51-47/h1-30H. The Kier molecular flexibility index (Phi) is 6.02. The highest BCUT2D eigenvalue weighted by molar-refractivity contribution is 6.24. The van der Waals surface area contributed by atoms with Crippen molar-refractivity contribution < 1.29 is 4.42 Å². The Balaban J connectivity index is 1.24. The Hall–Kier alpha value is -6.70. The first kappa shape index (κ1) is 28.2. The van der Waals surface area contributed by atoms with Crippen molar-refractivity contribution >= 4 is 75.8 Å². The lowest BCUT2D eigenvalue weighted by Crippen LogP contribution is -1.92. The van der Waals surface area contributed by atoms with Gasteiger partial charge in [-0.15, -0.1) is 0 Å². The predicted octanol–water partition coefficient (Wildman–Crippen LogP) is 14.4. The lowest BCUT2D eigenvalue weighted by molar-refractivity contribution is 0.669. The number of hydrogen-bond donors (Lipinski definition) is 0. The van der Waals surface area contributed by atoms with Crippen LogP contribution in [0.5, 0.6) is 0 Å². The van der Waals surface area contributed by atoms with Crippen molar-refractivity contribution in [1.82, 2.24) is 0 Å². The Labute approximate surface area is 294 Å². The van der Waals surface area contributed by atoms with Crippen LogP contribution in [0.25, 0.3) is 109 Å². The first-order chi connectivity index (χ1) is 25.3. The van der Waals surface area contributed by atoms with Gasteiger partial charge in [0.1, 0.15) is 11.2 Å². The molecule has 1 nitrogen and oxygen atoms in total. The minimum absolute atomic E-state index is 0.906. The third-order valence-corrected chi connectivity index (χ3v) is 10.8. The largest absolute Gasteiger partial charge is 0.456 e. The van der Waals surface area contributed by atoms with Gasteiger partial charge >= 0.3 is 0 Å². The zero-order valence-corrected chi connectivity index (χ0v) is 27.7.